The fourth-order valence-electron chi connectivity index (χ4n) is 2.03. The molecule has 1 aromatic heterocycles. The van der Waals surface area contributed by atoms with Gasteiger partial charge in [-0.2, -0.15) is 18.3 Å². The van der Waals surface area contributed by atoms with Crippen LogP contribution >= 0.6 is 11.6 Å². The van der Waals surface area contributed by atoms with Crippen LogP contribution in [0.2, 0.25) is 5.02 Å². The highest BCUT2D eigenvalue weighted by molar-refractivity contribution is 6.32. The number of hydrogen-bond donors (Lipinski definition) is 1. The monoisotopic (exact) mass is 321 g/mol. The molecule has 21 heavy (non-hydrogen) atoms. The van der Waals surface area contributed by atoms with Gasteiger partial charge in [0, 0.05) is 18.9 Å². The van der Waals surface area contributed by atoms with Gasteiger partial charge in [0.25, 0.3) is 0 Å². The first-order valence-electron chi connectivity index (χ1n) is 6.55. The molecule has 1 heterocycles. The van der Waals surface area contributed by atoms with Gasteiger partial charge in [-0.3, -0.25) is 9.48 Å². The minimum atomic E-state index is -4.59. The zero-order valence-corrected chi connectivity index (χ0v) is 12.0. The van der Waals surface area contributed by atoms with Crippen molar-refractivity contribution in [3.63, 3.8) is 0 Å². The van der Waals surface area contributed by atoms with Crippen LogP contribution in [0.4, 0.5) is 13.2 Å². The quantitative estimate of drug-likeness (QED) is 0.818. The lowest BCUT2D eigenvalue weighted by Gasteiger charge is -2.07. The van der Waals surface area contributed by atoms with Gasteiger partial charge in [0.1, 0.15) is 0 Å². The van der Waals surface area contributed by atoms with Crippen molar-refractivity contribution in [2.45, 2.75) is 37.9 Å². The Kier molecular flexibility index (Phi) is 4.61. The summed E-state index contributed by atoms with van der Waals surface area (Å²) in [6.45, 7) is 3.86. The molecule has 0 radical (unpaired) electrons. The first-order valence-corrected chi connectivity index (χ1v) is 6.93. The van der Waals surface area contributed by atoms with Crippen molar-refractivity contribution in [2.75, 3.05) is 6.54 Å². The molecule has 0 bridgehead atoms. The number of hydrogen-bond acceptors (Lipinski definition) is 2. The standard InChI is InChI=1S/C13H15ClF3N3O/c1-2-6-18-9(21)5-7-20-11(8-3-4-8)10(14)12(19-20)13(15,16)17/h2,8H,1,3-7H2,(H,18,21). The molecular weight excluding hydrogens is 307 g/mol. The van der Waals surface area contributed by atoms with E-state index in [1.807, 2.05) is 0 Å². The normalized spacial score (nSPS) is 15.0. The first kappa shape index (κ1) is 15.9. The summed E-state index contributed by atoms with van der Waals surface area (Å²) in [5.74, 6) is -0.255. The van der Waals surface area contributed by atoms with Crippen molar-refractivity contribution in [3.8, 4) is 0 Å². The van der Waals surface area contributed by atoms with Gasteiger partial charge in [-0.05, 0) is 12.8 Å². The Morgan fingerprint density at radius 2 is 2.19 bits per heavy atom. The Bertz CT molecular complexity index is 550. The molecule has 0 atom stereocenters. The molecule has 1 amide bonds. The molecule has 1 fully saturated rings. The molecular formula is C13H15ClF3N3O. The van der Waals surface area contributed by atoms with E-state index in [2.05, 4.69) is 17.0 Å². The van der Waals surface area contributed by atoms with Crippen LogP contribution in [0.3, 0.4) is 0 Å². The third-order valence-electron chi connectivity index (χ3n) is 3.16. The Labute approximate surface area is 125 Å². The second-order valence-corrected chi connectivity index (χ2v) is 5.26. The van der Waals surface area contributed by atoms with Crippen LogP contribution < -0.4 is 5.32 Å². The van der Waals surface area contributed by atoms with Gasteiger partial charge in [-0.1, -0.05) is 17.7 Å². The summed E-state index contributed by atoms with van der Waals surface area (Å²) >= 11 is 5.83. The van der Waals surface area contributed by atoms with Gasteiger partial charge < -0.3 is 5.32 Å². The van der Waals surface area contributed by atoms with E-state index in [0.29, 0.717) is 12.2 Å². The first-order chi connectivity index (χ1) is 9.84. The molecule has 1 N–H and O–H groups in total. The maximum Gasteiger partial charge on any atom is 0.436 e. The largest absolute Gasteiger partial charge is 0.436 e. The zero-order chi connectivity index (χ0) is 15.6. The third-order valence-corrected chi connectivity index (χ3v) is 3.53. The lowest BCUT2D eigenvalue weighted by atomic mass is 10.2. The second kappa shape index (κ2) is 6.09. The molecule has 1 saturated carbocycles. The van der Waals surface area contributed by atoms with E-state index < -0.39 is 11.9 Å². The van der Waals surface area contributed by atoms with E-state index in [1.54, 1.807) is 0 Å². The number of nitrogens with zero attached hydrogens (tertiary/aromatic N) is 2. The lowest BCUT2D eigenvalue weighted by Crippen LogP contribution is -2.24. The summed E-state index contributed by atoms with van der Waals surface area (Å²) in [6.07, 6.45) is -1.42. The molecule has 0 spiro atoms. The van der Waals surface area contributed by atoms with Crippen molar-refractivity contribution >= 4 is 17.5 Å². The molecule has 0 unspecified atom stereocenters. The average Bonchev–Trinajstić information content (AvgIpc) is 3.17. The van der Waals surface area contributed by atoms with Crippen LogP contribution in [0.15, 0.2) is 12.7 Å². The zero-order valence-electron chi connectivity index (χ0n) is 11.2. The predicted molar refractivity (Wildman–Crippen MR) is 72.0 cm³/mol. The molecule has 1 aliphatic rings. The number of aryl methyl sites for hydroxylation is 1. The van der Waals surface area contributed by atoms with Gasteiger partial charge in [-0.15, -0.1) is 6.58 Å². The van der Waals surface area contributed by atoms with E-state index in [-0.39, 0.29) is 29.8 Å². The van der Waals surface area contributed by atoms with Gasteiger partial charge in [0.2, 0.25) is 5.91 Å². The highest BCUT2D eigenvalue weighted by Crippen LogP contribution is 2.46. The molecule has 0 saturated heterocycles. The average molecular weight is 322 g/mol. The molecule has 0 aromatic carbocycles. The topological polar surface area (TPSA) is 46.9 Å². The summed E-state index contributed by atoms with van der Waals surface area (Å²) in [4.78, 5) is 11.5. The molecule has 116 valence electrons. The Balaban J connectivity index is 2.15. The number of carbonyl (C=O) groups excluding carboxylic acids is 1. The van der Waals surface area contributed by atoms with Crippen LogP contribution in [0.5, 0.6) is 0 Å². The molecule has 1 aromatic rings. The minimum Gasteiger partial charge on any atom is -0.353 e. The van der Waals surface area contributed by atoms with Crippen molar-refractivity contribution in [3.05, 3.63) is 29.1 Å². The van der Waals surface area contributed by atoms with Crippen LogP contribution in [-0.4, -0.2) is 22.2 Å². The Morgan fingerprint density at radius 3 is 2.71 bits per heavy atom. The third kappa shape index (κ3) is 3.78. The number of nitrogens with one attached hydrogen (secondary N) is 1. The summed E-state index contributed by atoms with van der Waals surface area (Å²) < 4.78 is 39.7. The van der Waals surface area contributed by atoms with Crippen molar-refractivity contribution in [1.29, 1.82) is 0 Å². The number of rotatable bonds is 6. The summed E-state index contributed by atoms with van der Waals surface area (Å²) in [5, 5.41) is 5.78. The summed E-state index contributed by atoms with van der Waals surface area (Å²) in [7, 11) is 0. The Hall–Kier alpha value is -1.50. The van der Waals surface area contributed by atoms with Crippen molar-refractivity contribution in [1.82, 2.24) is 15.1 Å². The van der Waals surface area contributed by atoms with Gasteiger partial charge >= 0.3 is 6.18 Å². The lowest BCUT2D eigenvalue weighted by molar-refractivity contribution is -0.141. The number of halogens is 4. The van der Waals surface area contributed by atoms with Crippen molar-refractivity contribution in [2.24, 2.45) is 0 Å². The second-order valence-electron chi connectivity index (χ2n) is 4.89. The fourth-order valence-corrected chi connectivity index (χ4v) is 2.43. The maximum atomic E-state index is 12.8. The number of alkyl halides is 3. The van der Waals surface area contributed by atoms with Crippen LogP contribution in [-0.2, 0) is 17.5 Å². The molecule has 1 aliphatic carbocycles. The SMILES string of the molecule is C=CCNC(=O)CCn1nc(C(F)(F)F)c(Cl)c1C1CC1. The minimum absolute atomic E-state index is 0.0114. The van der Waals surface area contributed by atoms with Gasteiger partial charge in [0.15, 0.2) is 5.69 Å². The fraction of sp³-hybridized carbons (Fsp3) is 0.538. The Morgan fingerprint density at radius 1 is 1.52 bits per heavy atom. The summed E-state index contributed by atoms with van der Waals surface area (Å²) in [6, 6.07) is 0. The van der Waals surface area contributed by atoms with E-state index in [1.165, 1.54) is 10.8 Å². The van der Waals surface area contributed by atoms with Crippen LogP contribution in [0.1, 0.15) is 36.6 Å². The van der Waals surface area contributed by atoms with E-state index >= 15 is 0 Å². The number of aromatic nitrogens is 2. The maximum absolute atomic E-state index is 12.8. The number of carbonyl (C=O) groups is 1. The highest BCUT2D eigenvalue weighted by Gasteiger charge is 2.41. The molecule has 2 rings (SSSR count). The molecule has 4 nitrogen and oxygen atoms in total. The predicted octanol–water partition coefficient (Wildman–Crippen LogP) is 3.13. The summed E-state index contributed by atoms with van der Waals surface area (Å²) in [5.41, 5.74) is -0.682. The number of amides is 1. The van der Waals surface area contributed by atoms with Crippen molar-refractivity contribution < 1.29 is 18.0 Å². The van der Waals surface area contributed by atoms with Crippen LogP contribution in [0.25, 0.3) is 0 Å². The van der Waals surface area contributed by atoms with Crippen LogP contribution in [0, 0.1) is 0 Å². The van der Waals surface area contributed by atoms with E-state index in [4.69, 9.17) is 11.6 Å². The van der Waals surface area contributed by atoms with Gasteiger partial charge in [0.05, 0.1) is 17.3 Å². The molecule has 8 heteroatoms. The van der Waals surface area contributed by atoms with E-state index in [9.17, 15) is 18.0 Å². The van der Waals surface area contributed by atoms with Gasteiger partial charge in [-0.25, -0.2) is 0 Å². The molecule has 0 aliphatic heterocycles. The highest BCUT2D eigenvalue weighted by atomic mass is 35.5. The smallest absolute Gasteiger partial charge is 0.353 e. The van der Waals surface area contributed by atoms with E-state index in [0.717, 1.165) is 12.8 Å².